The number of nitrogens with zero attached hydrogens (tertiary/aromatic N) is 3. The number of fused-ring (bicyclic) bond motifs is 1. The van der Waals surface area contributed by atoms with Crippen LogP contribution >= 0.6 is 0 Å². The maximum absolute atomic E-state index is 13.5. The largest absolute Gasteiger partial charge is 0.352 e. The summed E-state index contributed by atoms with van der Waals surface area (Å²) < 4.78 is 27.0. The molecule has 0 saturated carbocycles. The SMILES string of the molecule is O=C(NCCc1ccn[nH]1)c1ccc2nc(-c3ccc(F)cc3)c(-c3ccc(F)cc3)nc2c1. The lowest BCUT2D eigenvalue weighted by Gasteiger charge is -2.12. The van der Waals surface area contributed by atoms with Crippen LogP contribution in [0.25, 0.3) is 33.5 Å². The molecular formula is C26H19F2N5O. The molecule has 168 valence electrons. The van der Waals surface area contributed by atoms with Crippen molar-refractivity contribution in [2.24, 2.45) is 0 Å². The quantitative estimate of drug-likeness (QED) is 0.380. The Balaban J connectivity index is 1.51. The van der Waals surface area contributed by atoms with Crippen LogP contribution in [-0.2, 0) is 6.42 Å². The second-order valence-electron chi connectivity index (χ2n) is 7.73. The van der Waals surface area contributed by atoms with E-state index >= 15 is 0 Å². The van der Waals surface area contributed by atoms with Crippen LogP contribution in [-0.4, -0.2) is 32.6 Å². The number of rotatable bonds is 6. The lowest BCUT2D eigenvalue weighted by molar-refractivity contribution is 0.0954. The topological polar surface area (TPSA) is 83.6 Å². The molecule has 1 amide bonds. The molecule has 2 aromatic heterocycles. The molecule has 0 atom stereocenters. The van der Waals surface area contributed by atoms with E-state index in [0.29, 0.717) is 52.1 Å². The van der Waals surface area contributed by atoms with Gasteiger partial charge in [0, 0.05) is 41.5 Å². The number of hydrogen-bond donors (Lipinski definition) is 2. The molecule has 0 aliphatic heterocycles. The van der Waals surface area contributed by atoms with Crippen molar-refractivity contribution >= 4 is 16.9 Å². The van der Waals surface area contributed by atoms with Gasteiger partial charge in [0.1, 0.15) is 11.6 Å². The van der Waals surface area contributed by atoms with Crippen LogP contribution < -0.4 is 5.32 Å². The number of H-pyrrole nitrogens is 1. The van der Waals surface area contributed by atoms with Crippen LogP contribution in [0.2, 0.25) is 0 Å². The number of aromatic amines is 1. The van der Waals surface area contributed by atoms with Crippen molar-refractivity contribution in [1.29, 1.82) is 0 Å². The number of nitrogens with one attached hydrogen (secondary N) is 2. The maximum atomic E-state index is 13.5. The molecule has 0 unspecified atom stereocenters. The fourth-order valence-corrected chi connectivity index (χ4v) is 3.65. The van der Waals surface area contributed by atoms with Gasteiger partial charge in [0.25, 0.3) is 5.91 Å². The Kier molecular flexibility index (Phi) is 5.78. The number of halogens is 2. The van der Waals surface area contributed by atoms with Crippen LogP contribution in [0.4, 0.5) is 8.78 Å². The van der Waals surface area contributed by atoms with E-state index in [4.69, 9.17) is 9.97 Å². The first kappa shape index (κ1) is 21.4. The van der Waals surface area contributed by atoms with Crippen LogP contribution in [0, 0.1) is 11.6 Å². The maximum Gasteiger partial charge on any atom is 0.251 e. The van der Waals surface area contributed by atoms with Crippen LogP contribution in [0.3, 0.4) is 0 Å². The lowest BCUT2D eigenvalue weighted by Crippen LogP contribution is -2.25. The summed E-state index contributed by atoms with van der Waals surface area (Å²) in [6.45, 7) is 0.453. The van der Waals surface area contributed by atoms with Gasteiger partial charge >= 0.3 is 0 Å². The summed E-state index contributed by atoms with van der Waals surface area (Å²) in [6, 6.07) is 18.8. The smallest absolute Gasteiger partial charge is 0.251 e. The highest BCUT2D eigenvalue weighted by atomic mass is 19.1. The summed E-state index contributed by atoms with van der Waals surface area (Å²) in [5, 5.41) is 9.63. The van der Waals surface area contributed by atoms with Crippen molar-refractivity contribution in [3.8, 4) is 22.5 Å². The number of hydrogen-bond acceptors (Lipinski definition) is 4. The molecule has 34 heavy (non-hydrogen) atoms. The fourth-order valence-electron chi connectivity index (χ4n) is 3.65. The first-order valence-corrected chi connectivity index (χ1v) is 10.7. The second kappa shape index (κ2) is 9.19. The predicted octanol–water partition coefficient (Wildman–Crippen LogP) is 4.94. The summed E-state index contributed by atoms with van der Waals surface area (Å²) in [6.07, 6.45) is 2.30. The average molecular weight is 455 g/mol. The van der Waals surface area contributed by atoms with Gasteiger partial charge in [0.2, 0.25) is 0 Å². The number of carbonyl (C=O) groups excluding carboxylic acids is 1. The molecule has 0 aliphatic rings. The van der Waals surface area contributed by atoms with Gasteiger partial charge in [0.05, 0.1) is 22.4 Å². The Morgan fingerprint density at radius 3 is 2.00 bits per heavy atom. The molecule has 5 aromatic rings. The van der Waals surface area contributed by atoms with Gasteiger partial charge in [-0.15, -0.1) is 0 Å². The second-order valence-corrected chi connectivity index (χ2v) is 7.73. The van der Waals surface area contributed by atoms with Crippen molar-refractivity contribution in [3.05, 3.63) is 102 Å². The highest BCUT2D eigenvalue weighted by molar-refractivity contribution is 5.98. The fraction of sp³-hybridized carbons (Fsp3) is 0.0769. The van der Waals surface area contributed by atoms with Gasteiger partial charge in [-0.1, -0.05) is 0 Å². The molecule has 2 N–H and O–H groups in total. The third-order valence-corrected chi connectivity index (χ3v) is 5.40. The van der Waals surface area contributed by atoms with E-state index in [1.165, 1.54) is 24.3 Å². The van der Waals surface area contributed by atoms with Gasteiger partial charge in [-0.05, 0) is 72.8 Å². The minimum atomic E-state index is -0.366. The van der Waals surface area contributed by atoms with Gasteiger partial charge in [-0.2, -0.15) is 5.10 Å². The minimum Gasteiger partial charge on any atom is -0.352 e. The molecule has 0 bridgehead atoms. The summed E-state index contributed by atoms with van der Waals surface area (Å²) in [4.78, 5) is 22.2. The molecular weight excluding hydrogens is 436 g/mol. The first-order valence-electron chi connectivity index (χ1n) is 10.7. The number of aromatic nitrogens is 4. The van der Waals surface area contributed by atoms with E-state index in [1.807, 2.05) is 6.07 Å². The normalized spacial score (nSPS) is 11.0. The van der Waals surface area contributed by atoms with Crippen molar-refractivity contribution in [1.82, 2.24) is 25.5 Å². The van der Waals surface area contributed by atoms with E-state index in [-0.39, 0.29) is 17.5 Å². The average Bonchev–Trinajstić information content (AvgIpc) is 3.37. The Labute approximate surface area is 193 Å². The minimum absolute atomic E-state index is 0.228. The van der Waals surface area contributed by atoms with Crippen LogP contribution in [0.1, 0.15) is 16.1 Å². The zero-order valence-electron chi connectivity index (χ0n) is 17.9. The molecule has 5 rings (SSSR count). The van der Waals surface area contributed by atoms with E-state index in [9.17, 15) is 13.6 Å². The molecule has 0 fully saturated rings. The van der Waals surface area contributed by atoms with Gasteiger partial charge in [0.15, 0.2) is 0 Å². The molecule has 0 aliphatic carbocycles. The van der Waals surface area contributed by atoms with Crippen LogP contribution in [0.5, 0.6) is 0 Å². The van der Waals surface area contributed by atoms with E-state index in [1.54, 1.807) is 48.7 Å². The monoisotopic (exact) mass is 455 g/mol. The summed E-state index contributed by atoms with van der Waals surface area (Å²) in [7, 11) is 0. The molecule has 8 heteroatoms. The molecule has 0 radical (unpaired) electrons. The van der Waals surface area contributed by atoms with Crippen LogP contribution in [0.15, 0.2) is 79.0 Å². The van der Waals surface area contributed by atoms with Crippen molar-refractivity contribution < 1.29 is 13.6 Å². The zero-order valence-corrected chi connectivity index (χ0v) is 17.9. The van der Waals surface area contributed by atoms with E-state index in [0.717, 1.165) is 5.69 Å². The first-order chi connectivity index (χ1) is 16.6. The number of amides is 1. The summed E-state index contributed by atoms with van der Waals surface area (Å²) >= 11 is 0. The summed E-state index contributed by atoms with van der Waals surface area (Å²) in [5.41, 5.74) is 4.87. The molecule has 3 aromatic carbocycles. The van der Waals surface area contributed by atoms with Crippen molar-refractivity contribution in [2.45, 2.75) is 6.42 Å². The Morgan fingerprint density at radius 2 is 1.41 bits per heavy atom. The Morgan fingerprint density at radius 1 is 0.794 bits per heavy atom. The highest BCUT2D eigenvalue weighted by Gasteiger charge is 2.15. The highest BCUT2D eigenvalue weighted by Crippen LogP contribution is 2.31. The molecule has 6 nitrogen and oxygen atoms in total. The predicted molar refractivity (Wildman–Crippen MR) is 125 cm³/mol. The third kappa shape index (κ3) is 4.52. The van der Waals surface area contributed by atoms with Crippen molar-refractivity contribution in [3.63, 3.8) is 0 Å². The van der Waals surface area contributed by atoms with Gasteiger partial charge in [-0.3, -0.25) is 9.89 Å². The number of benzene rings is 3. The van der Waals surface area contributed by atoms with Gasteiger partial charge in [-0.25, -0.2) is 18.7 Å². The van der Waals surface area contributed by atoms with Gasteiger partial charge < -0.3 is 5.32 Å². The van der Waals surface area contributed by atoms with E-state index in [2.05, 4.69) is 15.5 Å². The lowest BCUT2D eigenvalue weighted by atomic mass is 10.0. The molecule has 2 heterocycles. The Hall–Kier alpha value is -4.46. The zero-order chi connectivity index (χ0) is 23.5. The third-order valence-electron chi connectivity index (χ3n) is 5.40. The van der Waals surface area contributed by atoms with E-state index < -0.39 is 0 Å². The number of carbonyl (C=O) groups is 1. The van der Waals surface area contributed by atoms with Crippen molar-refractivity contribution in [2.75, 3.05) is 6.54 Å². The Bertz CT molecular complexity index is 1450. The standard InChI is InChI=1S/C26H19F2N5O/c27-19-6-1-16(2-7-19)24-25(17-3-8-20(28)9-4-17)32-23-15-18(5-10-22(23)31-24)26(34)29-13-11-21-12-14-30-33-21/h1-10,12,14-15H,11,13H2,(H,29,34)(H,30,33). The molecule has 0 saturated heterocycles. The molecule has 0 spiro atoms. The summed E-state index contributed by atoms with van der Waals surface area (Å²) in [5.74, 6) is -0.951.